The van der Waals surface area contributed by atoms with E-state index in [4.69, 9.17) is 20.9 Å². The number of carbonyl (C=O) groups excluding carboxylic acids is 2. The third kappa shape index (κ3) is 7.15. The van der Waals surface area contributed by atoms with Gasteiger partial charge in [-0.15, -0.1) is 0 Å². The first-order valence-corrected chi connectivity index (χ1v) is 10.1. The van der Waals surface area contributed by atoms with Gasteiger partial charge in [-0.25, -0.2) is 4.79 Å². The van der Waals surface area contributed by atoms with Crippen molar-refractivity contribution in [2.75, 3.05) is 32.1 Å². The summed E-state index contributed by atoms with van der Waals surface area (Å²) in [5.74, 6) is 0.292. The molecular weight excluding hydrogens is 354 g/mol. The van der Waals surface area contributed by atoms with E-state index in [1.54, 1.807) is 0 Å². The Bertz CT molecular complexity index is 452. The Balaban J connectivity index is 2.22. The molecule has 4 atom stereocenters. The minimum atomic E-state index is -1.43. The molecule has 1 aliphatic heterocycles. The number of nitrogens with two attached hydrogens (primary N) is 2. The Morgan fingerprint density at radius 1 is 1.46 bits per heavy atom. The lowest BCUT2D eigenvalue weighted by molar-refractivity contribution is -0.146. The highest BCUT2D eigenvalue weighted by Crippen LogP contribution is 2.21. The van der Waals surface area contributed by atoms with Crippen LogP contribution in [0.15, 0.2) is 0 Å². The highest BCUT2D eigenvalue weighted by Gasteiger charge is 2.46. The maximum absolute atomic E-state index is 12.1. The third-order valence-electron chi connectivity index (χ3n) is 5.04. The number of hydrogen-bond donors (Lipinski definition) is 4. The monoisotopic (exact) mass is 389 g/mol. The van der Waals surface area contributed by atoms with E-state index in [2.05, 4.69) is 31.8 Å². The number of nitrogens with one attached hydrogen (secondary N) is 1. The molecule has 0 aromatic heterocycles. The number of carbonyl (C=O) groups is 2. The van der Waals surface area contributed by atoms with Crippen molar-refractivity contribution in [2.24, 2.45) is 17.4 Å². The predicted molar refractivity (Wildman–Crippen MR) is 105 cm³/mol. The maximum atomic E-state index is 12.1. The molecule has 7 nitrogen and oxygen atoms in total. The molecule has 8 heteroatoms. The summed E-state index contributed by atoms with van der Waals surface area (Å²) in [5, 5.41) is 3.46. The zero-order valence-corrected chi connectivity index (χ0v) is 16.9. The second-order valence-electron chi connectivity index (χ2n) is 7.16. The molecule has 1 heterocycles. The lowest BCUT2D eigenvalue weighted by Crippen LogP contribution is -2.51. The van der Waals surface area contributed by atoms with Gasteiger partial charge in [-0.3, -0.25) is 4.79 Å². The number of thiol groups is 1. The van der Waals surface area contributed by atoms with Crippen molar-refractivity contribution in [1.82, 2.24) is 5.32 Å². The standard InChI is InChI=1S/C18H35N3O4S/c1-3-13(2)15(21-10-14(19)12-26)11-24-8-5-4-6-16(22)18(20)7-9-25-17(18)23/h13-15,21,26H,3-12,19-20H2,1-2H3/t13-,14?,15?,18+/m0/s1. The van der Waals surface area contributed by atoms with Gasteiger partial charge in [0, 0.05) is 43.8 Å². The fourth-order valence-electron chi connectivity index (χ4n) is 2.79. The van der Waals surface area contributed by atoms with Gasteiger partial charge < -0.3 is 26.3 Å². The van der Waals surface area contributed by atoms with E-state index in [1.807, 2.05) is 0 Å². The molecule has 1 fully saturated rings. The Kier molecular flexibility index (Phi) is 10.7. The van der Waals surface area contributed by atoms with Crippen LogP contribution in [0, 0.1) is 5.92 Å². The quantitative estimate of drug-likeness (QED) is 0.149. The molecule has 152 valence electrons. The van der Waals surface area contributed by atoms with Crippen LogP contribution in [0.1, 0.15) is 46.0 Å². The zero-order chi connectivity index (χ0) is 19.6. The van der Waals surface area contributed by atoms with Gasteiger partial charge >= 0.3 is 5.97 Å². The number of ether oxygens (including phenoxy) is 2. The molecule has 26 heavy (non-hydrogen) atoms. The van der Waals surface area contributed by atoms with Crippen molar-refractivity contribution in [3.05, 3.63) is 0 Å². The van der Waals surface area contributed by atoms with E-state index >= 15 is 0 Å². The van der Waals surface area contributed by atoms with Crippen LogP contribution in [0.2, 0.25) is 0 Å². The van der Waals surface area contributed by atoms with Crippen LogP contribution in [0.25, 0.3) is 0 Å². The minimum absolute atomic E-state index is 0.0294. The first-order valence-electron chi connectivity index (χ1n) is 9.52. The van der Waals surface area contributed by atoms with Crippen LogP contribution in [0.4, 0.5) is 0 Å². The van der Waals surface area contributed by atoms with Crippen molar-refractivity contribution in [3.8, 4) is 0 Å². The number of cyclic esters (lactones) is 1. The smallest absolute Gasteiger partial charge is 0.334 e. The summed E-state index contributed by atoms with van der Waals surface area (Å²) < 4.78 is 10.6. The molecule has 0 aromatic rings. The van der Waals surface area contributed by atoms with E-state index in [0.29, 0.717) is 37.9 Å². The second-order valence-corrected chi connectivity index (χ2v) is 7.52. The average molecular weight is 390 g/mol. The van der Waals surface area contributed by atoms with E-state index < -0.39 is 11.5 Å². The second kappa shape index (κ2) is 11.9. The summed E-state index contributed by atoms with van der Waals surface area (Å²) in [4.78, 5) is 23.7. The summed E-state index contributed by atoms with van der Waals surface area (Å²) in [6, 6.07) is 0.273. The number of unbranched alkanes of at least 4 members (excludes halogenated alkanes) is 1. The topological polar surface area (TPSA) is 117 Å². The number of rotatable bonds is 14. The number of esters is 1. The Labute approximate surface area is 162 Å². The summed E-state index contributed by atoms with van der Waals surface area (Å²) >= 11 is 4.20. The van der Waals surface area contributed by atoms with Gasteiger partial charge in [-0.05, 0) is 18.8 Å². The van der Waals surface area contributed by atoms with Crippen LogP contribution in [0.3, 0.4) is 0 Å². The van der Waals surface area contributed by atoms with Crippen molar-refractivity contribution in [2.45, 2.75) is 63.6 Å². The summed E-state index contributed by atoms with van der Waals surface area (Å²) in [7, 11) is 0. The molecule has 0 spiro atoms. The van der Waals surface area contributed by atoms with Crippen LogP contribution in [-0.2, 0) is 19.1 Å². The first-order chi connectivity index (χ1) is 12.3. The average Bonchev–Trinajstić information content (AvgIpc) is 2.99. The lowest BCUT2D eigenvalue weighted by Gasteiger charge is -2.25. The molecule has 0 saturated carbocycles. The summed E-state index contributed by atoms with van der Waals surface area (Å²) in [5.41, 5.74) is 10.3. The maximum Gasteiger partial charge on any atom is 0.334 e. The molecule has 0 amide bonds. The molecule has 0 aromatic carbocycles. The largest absolute Gasteiger partial charge is 0.464 e. The van der Waals surface area contributed by atoms with Crippen LogP contribution in [0.5, 0.6) is 0 Å². The number of hydrogen-bond acceptors (Lipinski definition) is 8. The normalized spacial score (nSPS) is 23.5. The number of ketones is 1. The molecule has 1 rings (SSSR count). The third-order valence-corrected chi connectivity index (χ3v) is 5.51. The van der Waals surface area contributed by atoms with Crippen molar-refractivity contribution in [3.63, 3.8) is 0 Å². The van der Waals surface area contributed by atoms with E-state index in [9.17, 15) is 9.59 Å². The molecule has 0 radical (unpaired) electrons. The van der Waals surface area contributed by atoms with Gasteiger partial charge in [-0.1, -0.05) is 20.3 Å². The van der Waals surface area contributed by atoms with Gasteiger partial charge in [0.25, 0.3) is 0 Å². The van der Waals surface area contributed by atoms with E-state index in [-0.39, 0.29) is 37.3 Å². The summed E-state index contributed by atoms with van der Waals surface area (Å²) in [6.07, 6.45) is 3.01. The van der Waals surface area contributed by atoms with Crippen molar-refractivity contribution >= 4 is 24.4 Å². The van der Waals surface area contributed by atoms with Crippen LogP contribution < -0.4 is 16.8 Å². The molecular formula is C18H35N3O4S. The van der Waals surface area contributed by atoms with Gasteiger partial charge in [0.05, 0.1) is 13.2 Å². The van der Waals surface area contributed by atoms with Crippen molar-refractivity contribution < 1.29 is 19.1 Å². The Hall–Kier alpha value is -0.670. The fraction of sp³-hybridized carbons (Fsp3) is 0.889. The van der Waals surface area contributed by atoms with Crippen molar-refractivity contribution in [1.29, 1.82) is 0 Å². The molecule has 1 aliphatic rings. The van der Waals surface area contributed by atoms with Gasteiger partial charge in [0.15, 0.2) is 11.3 Å². The molecule has 0 bridgehead atoms. The van der Waals surface area contributed by atoms with Crippen LogP contribution >= 0.6 is 12.6 Å². The van der Waals surface area contributed by atoms with E-state index in [0.717, 1.165) is 12.8 Å². The minimum Gasteiger partial charge on any atom is -0.464 e. The predicted octanol–water partition coefficient (Wildman–Crippen LogP) is 0.648. The zero-order valence-electron chi connectivity index (χ0n) is 16.0. The molecule has 0 aliphatic carbocycles. The highest BCUT2D eigenvalue weighted by molar-refractivity contribution is 7.80. The lowest BCUT2D eigenvalue weighted by atomic mass is 9.90. The summed E-state index contributed by atoms with van der Waals surface area (Å²) in [6.45, 7) is 6.46. The molecule has 1 saturated heterocycles. The highest BCUT2D eigenvalue weighted by atomic mass is 32.1. The van der Waals surface area contributed by atoms with Gasteiger partial charge in [0.2, 0.25) is 0 Å². The molecule has 5 N–H and O–H groups in total. The number of Topliss-reactive ketones (excluding diaryl/α,β-unsaturated/α-hetero) is 1. The first kappa shape index (κ1) is 23.4. The fourth-order valence-corrected chi connectivity index (χ4v) is 2.92. The van der Waals surface area contributed by atoms with Crippen LogP contribution in [-0.4, -0.2) is 61.5 Å². The van der Waals surface area contributed by atoms with Gasteiger partial charge in [-0.2, -0.15) is 12.6 Å². The van der Waals surface area contributed by atoms with E-state index in [1.165, 1.54) is 0 Å². The van der Waals surface area contributed by atoms with Gasteiger partial charge in [0.1, 0.15) is 0 Å². The Morgan fingerprint density at radius 2 is 2.19 bits per heavy atom. The molecule has 2 unspecified atom stereocenters. The SMILES string of the molecule is CC[C@H](C)C(COCCCCC(=O)[C@]1(N)CCOC1=O)NCC(N)CS. The Morgan fingerprint density at radius 3 is 2.77 bits per heavy atom.